The van der Waals surface area contributed by atoms with Crippen LogP contribution in [0.2, 0.25) is 0 Å². The van der Waals surface area contributed by atoms with E-state index in [0.29, 0.717) is 13.2 Å². The van der Waals surface area contributed by atoms with Crippen LogP contribution in [0, 0.1) is 0 Å². The largest absolute Gasteiger partial charge is 0.448 e. The molecule has 26 heavy (non-hydrogen) atoms. The van der Waals surface area contributed by atoms with Crippen molar-refractivity contribution in [2.45, 2.75) is 18.4 Å². The van der Waals surface area contributed by atoms with Gasteiger partial charge in [0, 0.05) is 12.5 Å². The zero-order chi connectivity index (χ0) is 18.1. The summed E-state index contributed by atoms with van der Waals surface area (Å²) in [5, 5.41) is 10.2. The molecule has 1 heterocycles. The van der Waals surface area contributed by atoms with Crippen molar-refractivity contribution in [2.75, 3.05) is 32.9 Å². The number of carbonyl (C=O) groups is 1. The summed E-state index contributed by atoms with van der Waals surface area (Å²) in [5.74, 6) is 0.0371. The van der Waals surface area contributed by atoms with Crippen LogP contribution in [-0.2, 0) is 9.47 Å². The van der Waals surface area contributed by atoms with Gasteiger partial charge in [-0.1, -0.05) is 48.5 Å². The third-order valence-corrected chi connectivity index (χ3v) is 5.04. The van der Waals surface area contributed by atoms with E-state index in [9.17, 15) is 9.90 Å². The SMILES string of the molecule is CC1(O)COCCN(C(=O)OCC2c3ccccc3-c3ccccc32)C1. The van der Waals surface area contributed by atoms with E-state index < -0.39 is 11.7 Å². The van der Waals surface area contributed by atoms with Crippen molar-refractivity contribution < 1.29 is 19.4 Å². The Kier molecular flexibility index (Phi) is 4.42. The summed E-state index contributed by atoms with van der Waals surface area (Å²) >= 11 is 0. The van der Waals surface area contributed by atoms with Crippen LogP contribution in [-0.4, -0.2) is 54.6 Å². The minimum absolute atomic E-state index is 0.0371. The maximum absolute atomic E-state index is 12.6. The molecule has 2 aromatic carbocycles. The van der Waals surface area contributed by atoms with E-state index in [1.165, 1.54) is 27.2 Å². The van der Waals surface area contributed by atoms with Crippen LogP contribution >= 0.6 is 0 Å². The molecule has 1 aliphatic heterocycles. The van der Waals surface area contributed by atoms with Gasteiger partial charge in [-0.05, 0) is 29.2 Å². The zero-order valence-corrected chi connectivity index (χ0v) is 14.9. The maximum Gasteiger partial charge on any atom is 0.409 e. The summed E-state index contributed by atoms with van der Waals surface area (Å²) in [5.41, 5.74) is 3.73. The van der Waals surface area contributed by atoms with Gasteiger partial charge in [0.05, 0.1) is 19.8 Å². The van der Waals surface area contributed by atoms with Gasteiger partial charge in [-0.2, -0.15) is 0 Å². The molecule has 0 aromatic heterocycles. The predicted octanol–water partition coefficient (Wildman–Crippen LogP) is 3.02. The minimum atomic E-state index is -1.05. The molecule has 4 rings (SSSR count). The molecule has 0 radical (unpaired) electrons. The zero-order valence-electron chi connectivity index (χ0n) is 14.9. The first-order chi connectivity index (χ1) is 12.6. The summed E-state index contributed by atoms with van der Waals surface area (Å²) in [4.78, 5) is 14.1. The second-order valence-electron chi connectivity index (χ2n) is 7.28. The molecule has 0 saturated carbocycles. The molecule has 2 aliphatic rings. The first-order valence-corrected chi connectivity index (χ1v) is 8.95. The van der Waals surface area contributed by atoms with Crippen LogP contribution in [0.25, 0.3) is 11.1 Å². The summed E-state index contributed by atoms with van der Waals surface area (Å²) in [6.45, 7) is 3.21. The molecule has 5 heteroatoms. The van der Waals surface area contributed by atoms with E-state index in [4.69, 9.17) is 9.47 Å². The molecule has 1 amide bonds. The van der Waals surface area contributed by atoms with Crippen LogP contribution in [0.4, 0.5) is 4.79 Å². The normalized spacial score (nSPS) is 22.5. The van der Waals surface area contributed by atoms with E-state index in [1.807, 2.05) is 24.3 Å². The average Bonchev–Trinajstić information content (AvgIpc) is 2.83. The van der Waals surface area contributed by atoms with Gasteiger partial charge in [0.25, 0.3) is 0 Å². The molecule has 1 N–H and O–H groups in total. The van der Waals surface area contributed by atoms with E-state index in [-0.39, 0.29) is 25.7 Å². The third-order valence-electron chi connectivity index (χ3n) is 5.04. The number of ether oxygens (including phenoxy) is 2. The minimum Gasteiger partial charge on any atom is -0.448 e. The van der Waals surface area contributed by atoms with Gasteiger partial charge in [-0.15, -0.1) is 0 Å². The molecule has 136 valence electrons. The number of hydrogen-bond acceptors (Lipinski definition) is 4. The molecular formula is C21H23NO4. The highest BCUT2D eigenvalue weighted by Crippen LogP contribution is 2.44. The number of nitrogens with zero attached hydrogens (tertiary/aromatic N) is 1. The molecule has 1 aliphatic carbocycles. The third kappa shape index (κ3) is 3.20. The molecule has 0 spiro atoms. The fourth-order valence-corrected chi connectivity index (χ4v) is 3.84. The molecule has 5 nitrogen and oxygen atoms in total. The monoisotopic (exact) mass is 353 g/mol. The lowest BCUT2D eigenvalue weighted by Crippen LogP contribution is -2.44. The number of fused-ring (bicyclic) bond motifs is 3. The molecule has 2 aromatic rings. The smallest absolute Gasteiger partial charge is 0.409 e. The summed E-state index contributed by atoms with van der Waals surface area (Å²) in [6.07, 6.45) is -0.405. The Bertz CT molecular complexity index is 772. The molecule has 1 saturated heterocycles. The highest BCUT2D eigenvalue weighted by molar-refractivity contribution is 5.79. The molecule has 1 fully saturated rings. The Labute approximate surface area is 153 Å². The second-order valence-corrected chi connectivity index (χ2v) is 7.28. The fourth-order valence-electron chi connectivity index (χ4n) is 3.84. The van der Waals surface area contributed by atoms with Crippen LogP contribution in [0.15, 0.2) is 48.5 Å². The van der Waals surface area contributed by atoms with Crippen molar-refractivity contribution in [2.24, 2.45) is 0 Å². The topological polar surface area (TPSA) is 59.0 Å². The summed E-state index contributed by atoms with van der Waals surface area (Å²) in [7, 11) is 0. The fraction of sp³-hybridized carbons (Fsp3) is 0.381. The van der Waals surface area contributed by atoms with E-state index in [1.54, 1.807) is 6.92 Å². The van der Waals surface area contributed by atoms with E-state index >= 15 is 0 Å². The Morgan fingerprint density at radius 3 is 2.46 bits per heavy atom. The standard InChI is InChI=1S/C21H23NO4/c1-21(24)13-22(10-11-25-14-21)20(23)26-12-19-17-8-4-2-6-15(17)16-7-3-5-9-18(16)19/h2-9,19,24H,10-14H2,1H3. The Morgan fingerprint density at radius 1 is 1.19 bits per heavy atom. The molecule has 1 atom stereocenters. The van der Waals surface area contributed by atoms with Gasteiger partial charge >= 0.3 is 6.09 Å². The number of β-amino-alcohol motifs (C(OH)–C–C–N with tert-alkyl or cyclic N) is 1. The Balaban J connectivity index is 1.50. The van der Waals surface area contributed by atoms with Gasteiger partial charge in [-0.3, -0.25) is 0 Å². The molecular weight excluding hydrogens is 330 g/mol. The number of hydrogen-bond donors (Lipinski definition) is 1. The quantitative estimate of drug-likeness (QED) is 0.902. The van der Waals surface area contributed by atoms with Crippen LogP contribution in [0.1, 0.15) is 24.0 Å². The van der Waals surface area contributed by atoms with Gasteiger partial charge < -0.3 is 19.5 Å². The predicted molar refractivity (Wildman–Crippen MR) is 98.1 cm³/mol. The molecule has 0 bridgehead atoms. The van der Waals surface area contributed by atoms with Crippen molar-refractivity contribution in [1.29, 1.82) is 0 Å². The number of rotatable bonds is 2. The lowest BCUT2D eigenvalue weighted by Gasteiger charge is -2.27. The Hall–Kier alpha value is -2.37. The Morgan fingerprint density at radius 2 is 1.81 bits per heavy atom. The van der Waals surface area contributed by atoms with Crippen LogP contribution < -0.4 is 0 Å². The molecule has 1 unspecified atom stereocenters. The first-order valence-electron chi connectivity index (χ1n) is 8.95. The van der Waals surface area contributed by atoms with Crippen molar-refractivity contribution in [3.8, 4) is 11.1 Å². The van der Waals surface area contributed by atoms with Gasteiger partial charge in [0.15, 0.2) is 0 Å². The van der Waals surface area contributed by atoms with Gasteiger partial charge in [-0.25, -0.2) is 4.79 Å². The summed E-state index contributed by atoms with van der Waals surface area (Å²) in [6, 6.07) is 16.5. The highest BCUT2D eigenvalue weighted by atomic mass is 16.6. The van der Waals surface area contributed by atoms with E-state index in [0.717, 1.165) is 0 Å². The van der Waals surface area contributed by atoms with Crippen molar-refractivity contribution >= 4 is 6.09 Å². The number of aliphatic hydroxyl groups is 1. The van der Waals surface area contributed by atoms with Crippen LogP contribution in [0.3, 0.4) is 0 Å². The summed E-state index contributed by atoms with van der Waals surface area (Å²) < 4.78 is 11.0. The van der Waals surface area contributed by atoms with Crippen molar-refractivity contribution in [3.05, 3.63) is 59.7 Å². The highest BCUT2D eigenvalue weighted by Gasteiger charge is 2.33. The lowest BCUT2D eigenvalue weighted by atomic mass is 9.98. The van der Waals surface area contributed by atoms with Crippen molar-refractivity contribution in [1.82, 2.24) is 4.90 Å². The van der Waals surface area contributed by atoms with Gasteiger partial charge in [0.1, 0.15) is 12.2 Å². The maximum atomic E-state index is 12.6. The number of benzene rings is 2. The van der Waals surface area contributed by atoms with Crippen molar-refractivity contribution in [3.63, 3.8) is 0 Å². The van der Waals surface area contributed by atoms with E-state index in [2.05, 4.69) is 24.3 Å². The number of amides is 1. The second kappa shape index (κ2) is 6.74. The number of carbonyl (C=O) groups excluding carboxylic acids is 1. The first kappa shape index (κ1) is 17.1. The van der Waals surface area contributed by atoms with Gasteiger partial charge in [0.2, 0.25) is 0 Å². The van der Waals surface area contributed by atoms with Crippen LogP contribution in [0.5, 0.6) is 0 Å². The average molecular weight is 353 g/mol. The lowest BCUT2D eigenvalue weighted by molar-refractivity contribution is -0.0220.